The summed E-state index contributed by atoms with van der Waals surface area (Å²) in [4.78, 5) is 14.4. The summed E-state index contributed by atoms with van der Waals surface area (Å²) in [5.41, 5.74) is 0.471. The molecule has 7 heteroatoms. The molecule has 0 aromatic heterocycles. The molecule has 2 fully saturated rings. The van der Waals surface area contributed by atoms with Crippen LogP contribution in [0, 0.1) is 5.82 Å². The highest BCUT2D eigenvalue weighted by molar-refractivity contribution is 7.88. The molecule has 24 heavy (non-hydrogen) atoms. The molecule has 1 spiro atoms. The van der Waals surface area contributed by atoms with Crippen LogP contribution in [-0.2, 0) is 21.4 Å². The molecule has 0 radical (unpaired) electrons. The van der Waals surface area contributed by atoms with E-state index < -0.39 is 10.0 Å². The van der Waals surface area contributed by atoms with Gasteiger partial charge in [0.05, 0.1) is 6.26 Å². The number of benzene rings is 1. The maximum Gasteiger partial charge on any atom is 0.223 e. The largest absolute Gasteiger partial charge is 0.333 e. The first-order valence-electron chi connectivity index (χ1n) is 8.30. The van der Waals surface area contributed by atoms with Crippen molar-refractivity contribution >= 4 is 15.9 Å². The third kappa shape index (κ3) is 3.47. The van der Waals surface area contributed by atoms with E-state index >= 15 is 0 Å². The van der Waals surface area contributed by atoms with E-state index in [1.165, 1.54) is 22.7 Å². The van der Waals surface area contributed by atoms with Gasteiger partial charge in [-0.15, -0.1) is 0 Å². The minimum absolute atomic E-state index is 0.0818. The third-order valence-electron chi connectivity index (χ3n) is 5.26. The molecule has 1 aromatic rings. The van der Waals surface area contributed by atoms with E-state index in [1.807, 2.05) is 11.0 Å². The van der Waals surface area contributed by atoms with Crippen molar-refractivity contribution in [2.24, 2.45) is 0 Å². The molecule has 5 nitrogen and oxygen atoms in total. The van der Waals surface area contributed by atoms with E-state index in [9.17, 15) is 17.6 Å². The highest BCUT2D eigenvalue weighted by atomic mass is 32.2. The summed E-state index contributed by atoms with van der Waals surface area (Å²) in [6, 6.07) is 6.32. The maximum absolute atomic E-state index is 13.5. The van der Waals surface area contributed by atoms with Gasteiger partial charge in [0.1, 0.15) is 5.82 Å². The van der Waals surface area contributed by atoms with Crippen molar-refractivity contribution in [1.29, 1.82) is 0 Å². The Bertz CT molecular complexity index is 727. The van der Waals surface area contributed by atoms with Crippen LogP contribution in [0.15, 0.2) is 24.3 Å². The highest BCUT2D eigenvalue weighted by Gasteiger charge is 2.45. The van der Waals surface area contributed by atoms with Crippen molar-refractivity contribution in [3.8, 4) is 0 Å². The van der Waals surface area contributed by atoms with Gasteiger partial charge >= 0.3 is 0 Å². The molecule has 2 aliphatic rings. The lowest BCUT2D eigenvalue weighted by atomic mass is 9.78. The number of nitrogens with zero attached hydrogens (tertiary/aromatic N) is 2. The first kappa shape index (κ1) is 17.4. The van der Waals surface area contributed by atoms with E-state index in [-0.39, 0.29) is 17.3 Å². The third-order valence-corrected chi connectivity index (χ3v) is 6.56. The average molecular weight is 354 g/mol. The Hall–Kier alpha value is -1.47. The standard InChI is InChI=1S/C17H23FN2O3S/c1-24(22,23)19-10-8-17(9-11-19)7-3-6-16(21)20(17)13-14-4-2-5-15(18)12-14/h2,4-5,12H,3,6-11,13H2,1H3. The van der Waals surface area contributed by atoms with Gasteiger partial charge in [-0.05, 0) is 43.4 Å². The molecule has 0 aliphatic carbocycles. The molecule has 0 bridgehead atoms. The predicted octanol–water partition coefficient (Wildman–Crippen LogP) is 2.13. The minimum Gasteiger partial charge on any atom is -0.333 e. The summed E-state index contributed by atoms with van der Waals surface area (Å²) in [6.45, 7) is 1.26. The quantitative estimate of drug-likeness (QED) is 0.836. The zero-order valence-corrected chi connectivity index (χ0v) is 14.7. The fourth-order valence-electron chi connectivity index (χ4n) is 3.93. The lowest BCUT2D eigenvalue weighted by Gasteiger charge is -2.51. The number of piperidine rings is 2. The zero-order chi connectivity index (χ0) is 17.4. The van der Waals surface area contributed by atoms with Gasteiger partial charge in [0.15, 0.2) is 0 Å². The molecule has 2 aliphatic heterocycles. The highest BCUT2D eigenvalue weighted by Crippen LogP contribution is 2.39. The predicted molar refractivity (Wildman–Crippen MR) is 89.2 cm³/mol. The Morgan fingerprint density at radius 3 is 2.54 bits per heavy atom. The summed E-state index contributed by atoms with van der Waals surface area (Å²) < 4.78 is 38.4. The average Bonchev–Trinajstić information content (AvgIpc) is 2.51. The maximum atomic E-state index is 13.5. The van der Waals surface area contributed by atoms with Gasteiger partial charge in [-0.3, -0.25) is 4.79 Å². The summed E-state index contributed by atoms with van der Waals surface area (Å²) in [7, 11) is -3.20. The van der Waals surface area contributed by atoms with Gasteiger partial charge in [-0.2, -0.15) is 0 Å². The van der Waals surface area contributed by atoms with Crippen molar-refractivity contribution in [3.05, 3.63) is 35.6 Å². The van der Waals surface area contributed by atoms with Crippen LogP contribution >= 0.6 is 0 Å². The lowest BCUT2D eigenvalue weighted by molar-refractivity contribution is -0.145. The normalized spacial score (nSPS) is 22.1. The monoisotopic (exact) mass is 354 g/mol. The van der Waals surface area contributed by atoms with Crippen LogP contribution in [0.4, 0.5) is 4.39 Å². The van der Waals surface area contributed by atoms with E-state index in [0.717, 1.165) is 18.4 Å². The number of hydrogen-bond donors (Lipinski definition) is 0. The molecule has 2 saturated heterocycles. The van der Waals surface area contributed by atoms with Gasteiger partial charge in [-0.25, -0.2) is 17.1 Å². The molecule has 0 saturated carbocycles. The number of hydrogen-bond acceptors (Lipinski definition) is 3. The van der Waals surface area contributed by atoms with E-state index in [4.69, 9.17) is 0 Å². The molecule has 0 unspecified atom stereocenters. The second-order valence-corrected chi connectivity index (χ2v) is 8.83. The van der Waals surface area contributed by atoms with Crippen LogP contribution in [0.1, 0.15) is 37.7 Å². The Kier molecular flexibility index (Phi) is 4.66. The molecular weight excluding hydrogens is 331 g/mol. The molecule has 2 heterocycles. The Morgan fingerprint density at radius 1 is 1.21 bits per heavy atom. The fraction of sp³-hybridized carbons (Fsp3) is 0.588. The van der Waals surface area contributed by atoms with Crippen molar-refractivity contribution < 1.29 is 17.6 Å². The van der Waals surface area contributed by atoms with Crippen LogP contribution in [-0.4, -0.2) is 48.4 Å². The molecule has 1 aromatic carbocycles. The smallest absolute Gasteiger partial charge is 0.223 e. The van der Waals surface area contributed by atoms with Crippen LogP contribution < -0.4 is 0 Å². The number of carbonyl (C=O) groups excluding carboxylic acids is 1. The molecule has 0 N–H and O–H groups in total. The second-order valence-electron chi connectivity index (χ2n) is 6.85. The van der Waals surface area contributed by atoms with E-state index in [1.54, 1.807) is 6.07 Å². The van der Waals surface area contributed by atoms with Gasteiger partial charge in [-0.1, -0.05) is 12.1 Å². The molecule has 132 valence electrons. The van der Waals surface area contributed by atoms with Crippen molar-refractivity contribution in [1.82, 2.24) is 9.21 Å². The molecule has 0 atom stereocenters. The van der Waals surface area contributed by atoms with Gasteiger partial charge in [0, 0.05) is 31.6 Å². The van der Waals surface area contributed by atoms with Crippen LogP contribution in [0.3, 0.4) is 0 Å². The van der Waals surface area contributed by atoms with Crippen LogP contribution in [0.2, 0.25) is 0 Å². The molecular formula is C17H23FN2O3S. The summed E-state index contributed by atoms with van der Waals surface area (Å²) in [5, 5.41) is 0. The molecule has 3 rings (SSSR count). The number of halogens is 1. The lowest BCUT2D eigenvalue weighted by Crippen LogP contribution is -2.59. The Labute approximate surface area is 142 Å². The second kappa shape index (κ2) is 6.44. The number of likely N-dealkylation sites (tertiary alicyclic amines) is 1. The van der Waals surface area contributed by atoms with Gasteiger partial charge in [0.2, 0.25) is 15.9 Å². The van der Waals surface area contributed by atoms with Crippen LogP contribution in [0.5, 0.6) is 0 Å². The van der Waals surface area contributed by atoms with E-state index in [2.05, 4.69) is 0 Å². The SMILES string of the molecule is CS(=O)(=O)N1CCC2(CCCC(=O)N2Cc2cccc(F)c2)CC1. The zero-order valence-electron chi connectivity index (χ0n) is 13.9. The van der Waals surface area contributed by atoms with E-state index in [0.29, 0.717) is 38.9 Å². The summed E-state index contributed by atoms with van der Waals surface area (Å²) in [5.74, 6) is -0.226. The molecule has 1 amide bonds. The summed E-state index contributed by atoms with van der Waals surface area (Å²) in [6.07, 6.45) is 4.72. The number of amides is 1. The topological polar surface area (TPSA) is 57.7 Å². The minimum atomic E-state index is -3.20. The van der Waals surface area contributed by atoms with Crippen molar-refractivity contribution in [3.63, 3.8) is 0 Å². The van der Waals surface area contributed by atoms with Gasteiger partial charge < -0.3 is 4.90 Å². The van der Waals surface area contributed by atoms with Crippen LogP contribution in [0.25, 0.3) is 0 Å². The Balaban J connectivity index is 1.81. The first-order chi connectivity index (χ1) is 11.3. The van der Waals surface area contributed by atoms with Gasteiger partial charge in [0.25, 0.3) is 0 Å². The fourth-order valence-corrected chi connectivity index (χ4v) is 4.78. The number of sulfonamides is 1. The first-order valence-corrected chi connectivity index (χ1v) is 10.2. The number of rotatable bonds is 3. The summed E-state index contributed by atoms with van der Waals surface area (Å²) >= 11 is 0. The van der Waals surface area contributed by atoms with Crippen molar-refractivity contribution in [2.75, 3.05) is 19.3 Å². The van der Waals surface area contributed by atoms with Crippen molar-refractivity contribution in [2.45, 2.75) is 44.2 Å². The number of carbonyl (C=O) groups is 1. The Morgan fingerprint density at radius 2 is 1.92 bits per heavy atom.